The molecule has 20 heavy (non-hydrogen) atoms. The lowest BCUT2D eigenvalue weighted by Crippen LogP contribution is -2.59. The molecule has 1 aliphatic rings. The normalized spacial score (nSPS) is 24.7. The van der Waals surface area contributed by atoms with Crippen LogP contribution >= 0.6 is 11.3 Å². The van der Waals surface area contributed by atoms with Gasteiger partial charge in [0.15, 0.2) is 5.60 Å². The first-order valence-corrected chi connectivity index (χ1v) is 7.21. The smallest absolute Gasteiger partial charge is 0.423 e. The quantitative estimate of drug-likeness (QED) is 0.644. The zero-order valence-corrected chi connectivity index (χ0v) is 12.6. The SMILES string of the molecule is Cc1nc2c(B(O)O)cc(C3(C)OOC3(C)C)cc2s1. The molecule has 1 aliphatic heterocycles. The van der Waals surface area contributed by atoms with E-state index in [1.54, 1.807) is 6.07 Å². The highest BCUT2D eigenvalue weighted by molar-refractivity contribution is 7.18. The molecular formula is C13H16BNO4S. The van der Waals surface area contributed by atoms with Crippen molar-refractivity contribution in [1.29, 1.82) is 0 Å². The fourth-order valence-electron chi connectivity index (χ4n) is 2.37. The molecule has 3 rings (SSSR count). The minimum Gasteiger partial charge on any atom is -0.423 e. The summed E-state index contributed by atoms with van der Waals surface area (Å²) in [5, 5.41) is 20.1. The van der Waals surface area contributed by atoms with E-state index in [2.05, 4.69) is 4.98 Å². The Balaban J connectivity index is 2.23. The number of aryl methyl sites for hydroxylation is 1. The predicted molar refractivity (Wildman–Crippen MR) is 77.8 cm³/mol. The van der Waals surface area contributed by atoms with Crippen LogP contribution in [-0.4, -0.2) is 27.8 Å². The average Bonchev–Trinajstić information content (AvgIpc) is 2.74. The van der Waals surface area contributed by atoms with E-state index < -0.39 is 18.3 Å². The van der Waals surface area contributed by atoms with E-state index in [1.807, 2.05) is 33.8 Å². The van der Waals surface area contributed by atoms with Crippen molar-refractivity contribution in [3.63, 3.8) is 0 Å². The van der Waals surface area contributed by atoms with Crippen LogP contribution in [0.1, 0.15) is 31.3 Å². The Bertz CT molecular complexity index is 684. The van der Waals surface area contributed by atoms with E-state index >= 15 is 0 Å². The third-order valence-electron chi connectivity index (χ3n) is 4.03. The summed E-state index contributed by atoms with van der Waals surface area (Å²) in [5.41, 5.74) is 0.788. The van der Waals surface area contributed by atoms with E-state index in [9.17, 15) is 10.0 Å². The van der Waals surface area contributed by atoms with Crippen LogP contribution in [0.25, 0.3) is 10.2 Å². The van der Waals surface area contributed by atoms with Crippen molar-refractivity contribution in [2.75, 3.05) is 0 Å². The summed E-state index contributed by atoms with van der Waals surface area (Å²) >= 11 is 1.52. The molecular weight excluding hydrogens is 277 g/mol. The van der Waals surface area contributed by atoms with E-state index in [0.29, 0.717) is 11.0 Å². The largest absolute Gasteiger partial charge is 0.490 e. The number of thiazole rings is 1. The van der Waals surface area contributed by atoms with Gasteiger partial charge in [0.2, 0.25) is 0 Å². The van der Waals surface area contributed by atoms with Gasteiger partial charge in [-0.3, -0.25) is 0 Å². The van der Waals surface area contributed by atoms with Crippen LogP contribution in [0.2, 0.25) is 0 Å². The van der Waals surface area contributed by atoms with Gasteiger partial charge in [-0.05, 0) is 39.3 Å². The zero-order chi connectivity index (χ0) is 14.7. The number of benzene rings is 1. The molecule has 0 aliphatic carbocycles. The number of hydrogen-bond donors (Lipinski definition) is 2. The van der Waals surface area contributed by atoms with Gasteiger partial charge in [-0.25, -0.2) is 14.8 Å². The lowest BCUT2D eigenvalue weighted by molar-refractivity contribution is -0.548. The lowest BCUT2D eigenvalue weighted by Gasteiger charge is -2.51. The Kier molecular flexibility index (Phi) is 2.97. The fraction of sp³-hybridized carbons (Fsp3) is 0.462. The van der Waals surface area contributed by atoms with Gasteiger partial charge in [-0.2, -0.15) is 0 Å². The minimum atomic E-state index is -1.56. The van der Waals surface area contributed by atoms with Crippen LogP contribution < -0.4 is 5.46 Å². The Labute approximate surface area is 121 Å². The van der Waals surface area contributed by atoms with Crippen LogP contribution in [0.3, 0.4) is 0 Å². The molecule has 5 nitrogen and oxygen atoms in total. The Morgan fingerprint density at radius 1 is 1.20 bits per heavy atom. The second-order valence-corrected chi connectivity index (χ2v) is 6.96. The summed E-state index contributed by atoms with van der Waals surface area (Å²) in [6.45, 7) is 7.70. The van der Waals surface area contributed by atoms with Crippen LogP contribution in [-0.2, 0) is 15.4 Å². The number of rotatable bonds is 2. The number of aromatic nitrogens is 1. The van der Waals surface area contributed by atoms with Crippen LogP contribution in [0.5, 0.6) is 0 Å². The summed E-state index contributed by atoms with van der Waals surface area (Å²) < 4.78 is 0.913. The van der Waals surface area contributed by atoms with Crippen LogP contribution in [0, 0.1) is 6.92 Å². The summed E-state index contributed by atoms with van der Waals surface area (Å²) in [7, 11) is -1.56. The lowest BCUT2D eigenvalue weighted by atomic mass is 9.74. The molecule has 2 heterocycles. The molecule has 0 spiro atoms. The highest BCUT2D eigenvalue weighted by Crippen LogP contribution is 2.48. The zero-order valence-electron chi connectivity index (χ0n) is 11.8. The molecule has 1 fully saturated rings. The van der Waals surface area contributed by atoms with Gasteiger partial charge < -0.3 is 10.0 Å². The minimum absolute atomic E-state index is 0.398. The second-order valence-electron chi connectivity index (χ2n) is 5.73. The molecule has 1 aromatic carbocycles. The highest BCUT2D eigenvalue weighted by atomic mass is 32.1. The first-order valence-electron chi connectivity index (χ1n) is 6.39. The van der Waals surface area contributed by atoms with Gasteiger partial charge in [-0.15, -0.1) is 11.3 Å². The molecule has 106 valence electrons. The van der Waals surface area contributed by atoms with Crippen molar-refractivity contribution in [3.8, 4) is 0 Å². The van der Waals surface area contributed by atoms with Gasteiger partial charge in [0.05, 0.1) is 15.2 Å². The molecule has 0 saturated carbocycles. The van der Waals surface area contributed by atoms with Crippen molar-refractivity contribution >= 4 is 34.1 Å². The Morgan fingerprint density at radius 2 is 1.90 bits per heavy atom. The second kappa shape index (κ2) is 4.25. The molecule has 0 bridgehead atoms. The van der Waals surface area contributed by atoms with E-state index in [-0.39, 0.29) is 0 Å². The molecule has 1 atom stereocenters. The maximum atomic E-state index is 9.59. The van der Waals surface area contributed by atoms with E-state index in [1.165, 1.54) is 11.3 Å². The van der Waals surface area contributed by atoms with E-state index in [4.69, 9.17) is 9.78 Å². The molecule has 2 N–H and O–H groups in total. The number of nitrogens with zero attached hydrogens (tertiary/aromatic N) is 1. The maximum Gasteiger partial charge on any atom is 0.490 e. The van der Waals surface area contributed by atoms with Crippen LogP contribution in [0.15, 0.2) is 12.1 Å². The van der Waals surface area contributed by atoms with Gasteiger partial charge in [-0.1, -0.05) is 6.07 Å². The number of hydrogen-bond acceptors (Lipinski definition) is 6. The third-order valence-corrected chi connectivity index (χ3v) is 4.94. The third kappa shape index (κ3) is 1.82. The van der Waals surface area contributed by atoms with Crippen molar-refractivity contribution in [3.05, 3.63) is 22.7 Å². The van der Waals surface area contributed by atoms with Gasteiger partial charge >= 0.3 is 7.12 Å². The summed E-state index contributed by atoms with van der Waals surface area (Å²) in [6.07, 6.45) is 0. The molecule has 7 heteroatoms. The monoisotopic (exact) mass is 293 g/mol. The topological polar surface area (TPSA) is 71.8 Å². The van der Waals surface area contributed by atoms with E-state index in [0.717, 1.165) is 15.3 Å². The molecule has 2 aromatic rings. The number of fused-ring (bicyclic) bond motifs is 1. The standard InChI is InChI=1S/C13H16BNO4S/c1-7-15-11-9(14(16)17)5-8(6-10(11)20-7)13(4)12(2,3)18-19-13/h5-6,16-17H,1-4H3. The van der Waals surface area contributed by atoms with Crippen LogP contribution in [0.4, 0.5) is 0 Å². The van der Waals surface area contributed by atoms with Crippen molar-refractivity contribution in [2.45, 2.75) is 38.9 Å². The van der Waals surface area contributed by atoms with Gasteiger partial charge in [0.1, 0.15) is 5.60 Å². The van der Waals surface area contributed by atoms with Crippen molar-refractivity contribution in [2.24, 2.45) is 0 Å². The summed E-state index contributed by atoms with van der Waals surface area (Å²) in [6, 6.07) is 3.71. The summed E-state index contributed by atoms with van der Waals surface area (Å²) in [4.78, 5) is 14.9. The molecule has 1 unspecified atom stereocenters. The predicted octanol–water partition coefficient (Wildman–Crippen LogP) is 1.24. The molecule has 0 amide bonds. The summed E-state index contributed by atoms with van der Waals surface area (Å²) in [5.74, 6) is 0. The molecule has 1 aromatic heterocycles. The fourth-order valence-corrected chi connectivity index (χ4v) is 3.27. The van der Waals surface area contributed by atoms with Crippen molar-refractivity contribution in [1.82, 2.24) is 4.98 Å². The first kappa shape index (κ1) is 14.0. The average molecular weight is 293 g/mol. The Morgan fingerprint density at radius 3 is 2.40 bits per heavy atom. The molecule has 1 saturated heterocycles. The van der Waals surface area contributed by atoms with Crippen molar-refractivity contribution < 1.29 is 19.8 Å². The van der Waals surface area contributed by atoms with Gasteiger partial charge in [0.25, 0.3) is 0 Å². The highest BCUT2D eigenvalue weighted by Gasteiger charge is 2.56. The maximum absolute atomic E-state index is 9.59. The van der Waals surface area contributed by atoms with Gasteiger partial charge in [0, 0.05) is 5.46 Å². The Hall–Kier alpha value is -0.985. The molecule has 0 radical (unpaired) electrons. The first-order chi connectivity index (χ1) is 9.24.